The number of nitrogens with one attached hydrogen (secondary N) is 2. The van der Waals surface area contributed by atoms with E-state index in [0.717, 1.165) is 37.3 Å². The Hall–Kier alpha value is -3.36. The molecule has 9 nitrogen and oxygen atoms in total. The highest BCUT2D eigenvalue weighted by atomic mass is 16.4. The molecule has 9 heteroatoms. The summed E-state index contributed by atoms with van der Waals surface area (Å²) in [6, 6.07) is 6.27. The Balaban J connectivity index is 1.83. The molecule has 2 heterocycles. The second-order valence-electron chi connectivity index (χ2n) is 7.09. The van der Waals surface area contributed by atoms with Crippen molar-refractivity contribution < 1.29 is 19.8 Å². The number of carbonyl (C=O) groups is 2. The zero-order valence-corrected chi connectivity index (χ0v) is 16.5. The van der Waals surface area contributed by atoms with Crippen LogP contribution in [0.4, 0.5) is 17.5 Å². The van der Waals surface area contributed by atoms with E-state index in [1.54, 1.807) is 6.07 Å². The van der Waals surface area contributed by atoms with Crippen molar-refractivity contribution in [3.05, 3.63) is 35.5 Å². The molecule has 0 bridgehead atoms. The molecular formula is C20H25N5O4. The predicted octanol–water partition coefficient (Wildman–Crippen LogP) is 2.29. The quantitative estimate of drug-likeness (QED) is 0.558. The molecule has 2 aromatic rings. The number of carboxylic acids is 1. The van der Waals surface area contributed by atoms with Crippen molar-refractivity contribution in [2.24, 2.45) is 0 Å². The number of carboxylic acid groups (broad SMARTS) is 1. The zero-order chi connectivity index (χ0) is 21.0. The van der Waals surface area contributed by atoms with Crippen LogP contribution in [0.5, 0.6) is 5.75 Å². The molecule has 1 fully saturated rings. The molecule has 0 radical (unpaired) electrons. The smallest absolute Gasteiger partial charge is 0.339 e. The third kappa shape index (κ3) is 5.13. The molecule has 1 aliphatic rings. The first kappa shape index (κ1) is 20.4. The molecule has 3 rings (SSSR count). The number of phenols is 1. The summed E-state index contributed by atoms with van der Waals surface area (Å²) in [7, 11) is 0. The molecule has 1 amide bonds. The number of aromatic nitrogens is 2. The maximum Gasteiger partial charge on any atom is 0.339 e. The number of hydrogen-bond donors (Lipinski definition) is 4. The number of aryl methyl sites for hydroxylation is 1. The Morgan fingerprint density at radius 1 is 1.28 bits per heavy atom. The summed E-state index contributed by atoms with van der Waals surface area (Å²) in [5.74, 6) is -0.426. The Labute approximate surface area is 168 Å². The summed E-state index contributed by atoms with van der Waals surface area (Å²) in [6.07, 6.45) is 2.56. The first-order valence-corrected chi connectivity index (χ1v) is 9.59. The molecule has 1 saturated heterocycles. The van der Waals surface area contributed by atoms with E-state index in [0.29, 0.717) is 18.2 Å². The average Bonchev–Trinajstić information content (AvgIpc) is 3.09. The van der Waals surface area contributed by atoms with Gasteiger partial charge in [-0.2, -0.15) is 4.98 Å². The van der Waals surface area contributed by atoms with Gasteiger partial charge < -0.3 is 25.7 Å². The van der Waals surface area contributed by atoms with Crippen molar-refractivity contribution in [1.29, 1.82) is 0 Å². The molecule has 1 unspecified atom stereocenters. The third-order valence-corrected chi connectivity index (χ3v) is 4.68. The van der Waals surface area contributed by atoms with Crippen molar-refractivity contribution in [3.8, 4) is 5.75 Å². The van der Waals surface area contributed by atoms with E-state index in [1.165, 1.54) is 19.1 Å². The highest BCUT2D eigenvalue weighted by molar-refractivity contribution is 5.91. The van der Waals surface area contributed by atoms with Gasteiger partial charge in [-0.05, 0) is 25.0 Å². The van der Waals surface area contributed by atoms with Gasteiger partial charge >= 0.3 is 5.97 Å². The van der Waals surface area contributed by atoms with Gasteiger partial charge in [0.2, 0.25) is 11.9 Å². The fourth-order valence-corrected chi connectivity index (χ4v) is 3.38. The summed E-state index contributed by atoms with van der Waals surface area (Å²) < 4.78 is 0. The molecule has 29 heavy (non-hydrogen) atoms. The molecule has 0 spiro atoms. The van der Waals surface area contributed by atoms with Gasteiger partial charge in [-0.25, -0.2) is 9.78 Å². The van der Waals surface area contributed by atoms with Gasteiger partial charge in [0.25, 0.3) is 0 Å². The van der Waals surface area contributed by atoms with Crippen molar-refractivity contribution in [1.82, 2.24) is 15.3 Å². The summed E-state index contributed by atoms with van der Waals surface area (Å²) in [4.78, 5) is 33.6. The van der Waals surface area contributed by atoms with Crippen molar-refractivity contribution in [2.75, 3.05) is 23.3 Å². The number of benzene rings is 1. The monoisotopic (exact) mass is 399 g/mol. The van der Waals surface area contributed by atoms with Gasteiger partial charge in [-0.3, -0.25) is 4.79 Å². The number of hydrogen-bond acceptors (Lipinski definition) is 7. The zero-order valence-electron chi connectivity index (χ0n) is 16.5. The Kier molecular flexibility index (Phi) is 6.16. The van der Waals surface area contributed by atoms with Crippen LogP contribution < -0.4 is 15.5 Å². The number of nitrogens with zero attached hydrogens (tertiary/aromatic N) is 3. The summed E-state index contributed by atoms with van der Waals surface area (Å²) >= 11 is 0. The van der Waals surface area contributed by atoms with E-state index in [-0.39, 0.29) is 23.3 Å². The van der Waals surface area contributed by atoms with Gasteiger partial charge in [0, 0.05) is 49.6 Å². The van der Waals surface area contributed by atoms with Crippen LogP contribution in [0.1, 0.15) is 42.7 Å². The molecule has 0 aliphatic carbocycles. The van der Waals surface area contributed by atoms with E-state index in [4.69, 9.17) is 5.11 Å². The minimum atomic E-state index is -1.19. The van der Waals surface area contributed by atoms with Crippen molar-refractivity contribution in [2.45, 2.75) is 39.2 Å². The molecule has 1 atom stereocenters. The van der Waals surface area contributed by atoms with Crippen molar-refractivity contribution in [3.63, 3.8) is 0 Å². The predicted molar refractivity (Wildman–Crippen MR) is 109 cm³/mol. The highest BCUT2D eigenvalue weighted by Gasteiger charge is 2.25. The molecule has 4 N–H and O–H groups in total. The summed E-state index contributed by atoms with van der Waals surface area (Å²) in [5.41, 5.74) is 1.21. The third-order valence-electron chi connectivity index (χ3n) is 4.68. The first-order valence-electron chi connectivity index (χ1n) is 9.59. The normalized spacial score (nSPS) is 15.9. The van der Waals surface area contributed by atoms with Crippen LogP contribution in [0, 0.1) is 0 Å². The minimum absolute atomic E-state index is 0.0434. The standard InChI is InChI=1S/C20H25N5O4/c1-3-4-13-10-18(25-8-7-15(11-25)21-12(2)26)24-20(22-13)23-14-5-6-16(19(28)29)17(27)9-14/h5-6,9-10,15,27H,3-4,7-8,11H2,1-2H3,(H,21,26)(H,28,29)(H,22,23,24). The van der Waals surface area contributed by atoms with E-state index in [1.807, 2.05) is 6.07 Å². The molecule has 1 aromatic heterocycles. The van der Waals surface area contributed by atoms with Crippen LogP contribution in [0.25, 0.3) is 0 Å². The van der Waals surface area contributed by atoms with Crippen molar-refractivity contribution >= 4 is 29.3 Å². The van der Waals surface area contributed by atoms with Gasteiger partial charge in [-0.1, -0.05) is 13.3 Å². The van der Waals surface area contributed by atoms with E-state index >= 15 is 0 Å². The van der Waals surface area contributed by atoms with E-state index < -0.39 is 5.97 Å². The fourth-order valence-electron chi connectivity index (χ4n) is 3.38. The molecule has 1 aliphatic heterocycles. The molecule has 0 saturated carbocycles. The van der Waals surface area contributed by atoms with Crippen LogP contribution >= 0.6 is 0 Å². The van der Waals surface area contributed by atoms with Gasteiger partial charge in [0.15, 0.2) is 0 Å². The summed E-state index contributed by atoms with van der Waals surface area (Å²) in [5, 5.41) is 24.9. The first-order chi connectivity index (χ1) is 13.9. The maximum atomic E-state index is 11.3. The van der Waals surface area contributed by atoms with E-state index in [9.17, 15) is 14.7 Å². The number of aromatic carboxylic acids is 1. The SMILES string of the molecule is CCCc1cc(N2CCC(NC(C)=O)C2)nc(Nc2ccc(C(=O)O)c(O)c2)n1. The van der Waals surface area contributed by atoms with Crippen LogP contribution in [-0.4, -0.2) is 51.2 Å². The largest absolute Gasteiger partial charge is 0.507 e. The minimum Gasteiger partial charge on any atom is -0.507 e. The lowest BCUT2D eigenvalue weighted by Gasteiger charge is -2.19. The Morgan fingerprint density at radius 2 is 2.07 bits per heavy atom. The van der Waals surface area contributed by atoms with Crippen LogP contribution in [0.3, 0.4) is 0 Å². The van der Waals surface area contributed by atoms with Gasteiger partial charge in [0.05, 0.1) is 0 Å². The number of rotatable bonds is 7. The molecule has 154 valence electrons. The lowest BCUT2D eigenvalue weighted by Crippen LogP contribution is -2.35. The topological polar surface area (TPSA) is 128 Å². The lowest BCUT2D eigenvalue weighted by molar-refractivity contribution is -0.119. The second kappa shape index (κ2) is 8.76. The Bertz CT molecular complexity index is 918. The lowest BCUT2D eigenvalue weighted by atomic mass is 10.2. The number of aromatic hydroxyl groups is 1. The van der Waals surface area contributed by atoms with Crippen LogP contribution in [0.2, 0.25) is 0 Å². The molecular weight excluding hydrogens is 374 g/mol. The maximum absolute atomic E-state index is 11.3. The van der Waals surface area contributed by atoms with Crippen LogP contribution in [0.15, 0.2) is 24.3 Å². The fraction of sp³-hybridized carbons (Fsp3) is 0.400. The van der Waals surface area contributed by atoms with Gasteiger partial charge in [0.1, 0.15) is 17.1 Å². The van der Waals surface area contributed by atoms with E-state index in [2.05, 4.69) is 32.4 Å². The van der Waals surface area contributed by atoms with Gasteiger partial charge in [-0.15, -0.1) is 0 Å². The Morgan fingerprint density at radius 3 is 2.72 bits per heavy atom. The number of amides is 1. The number of anilines is 3. The highest BCUT2D eigenvalue weighted by Crippen LogP contribution is 2.26. The number of carbonyl (C=O) groups excluding carboxylic acids is 1. The molecule has 1 aromatic carbocycles. The second-order valence-corrected chi connectivity index (χ2v) is 7.09. The summed E-state index contributed by atoms with van der Waals surface area (Å²) in [6.45, 7) is 5.04. The van der Waals surface area contributed by atoms with Crippen LogP contribution in [-0.2, 0) is 11.2 Å². The average molecular weight is 399 g/mol.